The van der Waals surface area contributed by atoms with Gasteiger partial charge in [-0.3, -0.25) is 4.79 Å². The van der Waals surface area contributed by atoms with Crippen molar-refractivity contribution in [2.75, 3.05) is 13.2 Å². The quantitative estimate of drug-likeness (QED) is 0.261. The number of cyclic esters (lactones) is 1. The number of nitrogens with one attached hydrogen (secondary N) is 1. The molecule has 1 aliphatic carbocycles. The highest BCUT2D eigenvalue weighted by atomic mass is 16.6. The van der Waals surface area contributed by atoms with Crippen LogP contribution < -0.4 is 10.1 Å². The van der Waals surface area contributed by atoms with Gasteiger partial charge in [-0.2, -0.15) is 4.98 Å². The van der Waals surface area contributed by atoms with Crippen molar-refractivity contribution >= 4 is 17.7 Å². The lowest BCUT2D eigenvalue weighted by Gasteiger charge is -2.44. The number of aryl methyl sites for hydroxylation is 4. The zero-order chi connectivity index (χ0) is 29.9. The highest BCUT2D eigenvalue weighted by Crippen LogP contribution is 2.44. The zero-order valence-corrected chi connectivity index (χ0v) is 25.0. The topological polar surface area (TPSA) is 128 Å². The number of amides is 1. The van der Waals surface area contributed by atoms with Gasteiger partial charge in [0.25, 0.3) is 5.78 Å². The van der Waals surface area contributed by atoms with Crippen LogP contribution >= 0.6 is 0 Å². The van der Waals surface area contributed by atoms with E-state index in [2.05, 4.69) is 33.4 Å². The molecule has 2 aromatic heterocycles. The van der Waals surface area contributed by atoms with Crippen LogP contribution in [0.25, 0.3) is 5.78 Å². The van der Waals surface area contributed by atoms with Gasteiger partial charge in [-0.1, -0.05) is 31.9 Å². The first-order valence-electron chi connectivity index (χ1n) is 15.0. The number of benzene rings is 1. The predicted octanol–water partition coefficient (Wildman–Crippen LogP) is 3.77. The van der Waals surface area contributed by atoms with E-state index in [9.17, 15) is 14.7 Å². The van der Waals surface area contributed by atoms with Crippen LogP contribution in [0.3, 0.4) is 0 Å². The Bertz CT molecular complexity index is 1490. The molecule has 1 aliphatic heterocycles. The number of hydrogen-bond acceptors (Lipinski definition) is 8. The minimum atomic E-state index is -0.974. The lowest BCUT2D eigenvalue weighted by Crippen LogP contribution is -2.54. The van der Waals surface area contributed by atoms with Crippen molar-refractivity contribution in [1.29, 1.82) is 0 Å². The minimum Gasteiger partial charge on any atom is -0.491 e. The number of esters is 1. The molecule has 10 heteroatoms. The van der Waals surface area contributed by atoms with Gasteiger partial charge < -0.3 is 19.9 Å². The van der Waals surface area contributed by atoms with Gasteiger partial charge in [0.1, 0.15) is 24.1 Å². The Hall–Kier alpha value is -3.79. The number of fused-ring (bicyclic) bond motifs is 1. The van der Waals surface area contributed by atoms with Crippen molar-refractivity contribution in [2.24, 2.45) is 5.92 Å². The molecule has 3 aromatic rings. The Kier molecular flexibility index (Phi) is 8.91. The standard InChI is InChI=1S/C32H41N5O5/c1-5-24-17-23(10-11-27(24)41-15-14-33-22(4)38)12-13-32(26-8-6-7-9-26)28(39)18-25(30(40)42-32)19-29-35-31-34-20(2)16-21(3)37(31)36-29/h10-11,16-18,26,28,39H,5-9,12-15,19H2,1-4H3,(H,33,38). The zero-order valence-electron chi connectivity index (χ0n) is 25.0. The number of carbonyl (C=O) groups excluding carboxylic acids is 2. The van der Waals surface area contributed by atoms with Crippen molar-refractivity contribution in [3.05, 3.63) is 64.3 Å². The maximum Gasteiger partial charge on any atom is 0.334 e. The Labute approximate surface area is 246 Å². The highest BCUT2D eigenvalue weighted by molar-refractivity contribution is 5.90. The fraction of sp³-hybridized carbons (Fsp3) is 0.531. The molecule has 224 valence electrons. The van der Waals surface area contributed by atoms with Gasteiger partial charge in [0.2, 0.25) is 5.91 Å². The summed E-state index contributed by atoms with van der Waals surface area (Å²) in [6.07, 6.45) is 6.87. The van der Waals surface area contributed by atoms with Crippen molar-refractivity contribution in [1.82, 2.24) is 24.9 Å². The van der Waals surface area contributed by atoms with Crippen molar-refractivity contribution in [2.45, 2.75) is 90.8 Å². The van der Waals surface area contributed by atoms with Gasteiger partial charge in [0.15, 0.2) is 5.82 Å². The normalized spacial score (nSPS) is 20.9. The van der Waals surface area contributed by atoms with Crippen LogP contribution in [0.4, 0.5) is 0 Å². The fourth-order valence-corrected chi connectivity index (χ4v) is 6.36. The van der Waals surface area contributed by atoms with Crippen LogP contribution in [0.15, 0.2) is 35.9 Å². The summed E-state index contributed by atoms with van der Waals surface area (Å²) in [5.41, 5.74) is 3.33. The molecule has 3 heterocycles. The molecule has 1 saturated carbocycles. The molecule has 10 nitrogen and oxygen atoms in total. The number of hydrogen-bond donors (Lipinski definition) is 2. The summed E-state index contributed by atoms with van der Waals surface area (Å²) >= 11 is 0. The molecule has 0 spiro atoms. The minimum absolute atomic E-state index is 0.0808. The first-order valence-corrected chi connectivity index (χ1v) is 15.0. The molecular weight excluding hydrogens is 534 g/mol. The molecule has 2 unspecified atom stereocenters. The Morgan fingerprint density at radius 1 is 1.21 bits per heavy atom. The van der Waals surface area contributed by atoms with E-state index in [1.807, 2.05) is 32.0 Å². The van der Waals surface area contributed by atoms with E-state index in [1.165, 1.54) is 6.92 Å². The van der Waals surface area contributed by atoms with E-state index >= 15 is 0 Å². The monoisotopic (exact) mass is 575 g/mol. The average Bonchev–Trinajstić information content (AvgIpc) is 3.63. The third kappa shape index (κ3) is 6.33. The fourth-order valence-electron chi connectivity index (χ4n) is 6.36. The molecule has 0 radical (unpaired) electrons. The maximum absolute atomic E-state index is 13.5. The number of nitrogens with zero attached hydrogens (tertiary/aromatic N) is 4. The number of rotatable bonds is 11. The molecule has 2 N–H and O–H groups in total. The number of carbonyl (C=O) groups is 2. The molecule has 0 saturated heterocycles. The van der Waals surface area contributed by atoms with E-state index in [0.717, 1.165) is 60.4 Å². The van der Waals surface area contributed by atoms with Gasteiger partial charge in [-0.05, 0) is 75.3 Å². The van der Waals surface area contributed by atoms with Crippen LogP contribution in [0.5, 0.6) is 5.75 Å². The van der Waals surface area contributed by atoms with Crippen molar-refractivity contribution in [3.8, 4) is 5.75 Å². The number of aliphatic hydroxyl groups excluding tert-OH is 1. The lowest BCUT2D eigenvalue weighted by atomic mass is 9.75. The summed E-state index contributed by atoms with van der Waals surface area (Å²) in [6, 6.07) is 8.05. The molecule has 0 bridgehead atoms. The maximum atomic E-state index is 13.5. The number of ether oxygens (including phenoxy) is 2. The lowest BCUT2D eigenvalue weighted by molar-refractivity contribution is -0.181. The molecule has 2 aliphatic rings. The summed E-state index contributed by atoms with van der Waals surface area (Å²) < 4.78 is 13.8. The second-order valence-electron chi connectivity index (χ2n) is 11.5. The Morgan fingerprint density at radius 2 is 2.00 bits per heavy atom. The van der Waals surface area contributed by atoms with Crippen LogP contribution in [-0.2, 0) is 33.6 Å². The predicted molar refractivity (Wildman–Crippen MR) is 157 cm³/mol. The number of aliphatic hydroxyl groups is 1. The van der Waals surface area contributed by atoms with E-state index < -0.39 is 17.7 Å². The molecule has 1 amide bonds. The largest absolute Gasteiger partial charge is 0.491 e. The molecule has 1 fully saturated rings. The van der Waals surface area contributed by atoms with E-state index in [0.29, 0.717) is 43.2 Å². The third-order valence-corrected chi connectivity index (χ3v) is 8.51. The van der Waals surface area contributed by atoms with E-state index in [-0.39, 0.29) is 18.2 Å². The molecular formula is C32H41N5O5. The highest BCUT2D eigenvalue weighted by Gasteiger charge is 2.51. The number of aromatic nitrogens is 4. The van der Waals surface area contributed by atoms with Crippen LogP contribution in [0, 0.1) is 19.8 Å². The van der Waals surface area contributed by atoms with Crippen molar-refractivity contribution in [3.63, 3.8) is 0 Å². The summed E-state index contributed by atoms with van der Waals surface area (Å²) in [5.74, 6) is 1.36. The molecule has 1 aromatic carbocycles. The second kappa shape index (κ2) is 12.6. The first kappa shape index (κ1) is 29.7. The average molecular weight is 576 g/mol. The summed E-state index contributed by atoms with van der Waals surface area (Å²) in [6.45, 7) is 8.25. The second-order valence-corrected chi connectivity index (χ2v) is 11.5. The van der Waals surface area contributed by atoms with Gasteiger partial charge in [-0.25, -0.2) is 14.3 Å². The smallest absolute Gasteiger partial charge is 0.334 e. The van der Waals surface area contributed by atoms with Gasteiger partial charge >= 0.3 is 5.97 Å². The molecule has 5 rings (SSSR count). The summed E-state index contributed by atoms with van der Waals surface area (Å²) in [5, 5.41) is 18.9. The summed E-state index contributed by atoms with van der Waals surface area (Å²) in [4.78, 5) is 33.5. The summed E-state index contributed by atoms with van der Waals surface area (Å²) in [7, 11) is 0. The Balaban J connectivity index is 1.33. The SMILES string of the molecule is CCc1cc(CCC2(C3CCCC3)OC(=O)C(Cc3nc4nc(C)cc(C)n4n3)=CC2O)ccc1OCCNC(C)=O. The molecule has 2 atom stereocenters. The van der Waals surface area contributed by atoms with Gasteiger partial charge in [0.05, 0.1) is 6.54 Å². The van der Waals surface area contributed by atoms with Crippen LogP contribution in [-0.4, -0.2) is 61.4 Å². The van der Waals surface area contributed by atoms with Crippen LogP contribution in [0.1, 0.15) is 74.3 Å². The van der Waals surface area contributed by atoms with E-state index in [1.54, 1.807) is 10.6 Å². The third-order valence-electron chi connectivity index (χ3n) is 8.51. The Morgan fingerprint density at radius 3 is 2.74 bits per heavy atom. The van der Waals surface area contributed by atoms with E-state index in [4.69, 9.17) is 9.47 Å². The van der Waals surface area contributed by atoms with Crippen molar-refractivity contribution < 1.29 is 24.2 Å². The molecule has 42 heavy (non-hydrogen) atoms. The van der Waals surface area contributed by atoms with Gasteiger partial charge in [-0.15, -0.1) is 5.10 Å². The van der Waals surface area contributed by atoms with Crippen LogP contribution in [0.2, 0.25) is 0 Å². The first-order chi connectivity index (χ1) is 20.2. The van der Waals surface area contributed by atoms with Gasteiger partial charge in [0, 0.05) is 36.2 Å².